The molecule has 0 aliphatic carbocycles. The summed E-state index contributed by atoms with van der Waals surface area (Å²) in [5.74, 6) is -0.577. The van der Waals surface area contributed by atoms with E-state index in [0.717, 1.165) is 12.1 Å². The molecule has 9 heteroatoms. The molecule has 3 aromatic rings. The predicted octanol–water partition coefficient (Wildman–Crippen LogP) is 2.92. The fourth-order valence-electron chi connectivity index (χ4n) is 2.41. The molecule has 7 nitrogen and oxygen atoms in total. The Labute approximate surface area is 155 Å². The number of carbonyl (C=O) groups is 1. The van der Waals surface area contributed by atoms with Gasteiger partial charge in [-0.3, -0.25) is 14.2 Å². The van der Waals surface area contributed by atoms with Gasteiger partial charge in [-0.2, -0.15) is 5.10 Å². The summed E-state index contributed by atoms with van der Waals surface area (Å²) >= 11 is 0. The lowest BCUT2D eigenvalue weighted by Gasteiger charge is -2.11. The zero-order chi connectivity index (χ0) is 19.6. The molecule has 2 aromatic carbocycles. The van der Waals surface area contributed by atoms with E-state index in [1.54, 1.807) is 32.3 Å². The number of hydrogen-bond acceptors (Lipinski definition) is 4. The quantitative estimate of drug-likeness (QED) is 0.703. The van der Waals surface area contributed by atoms with Gasteiger partial charge in [-0.15, -0.1) is 0 Å². The molecule has 0 fully saturated rings. The predicted molar refractivity (Wildman–Crippen MR) is 99.5 cm³/mol. The first kappa shape index (κ1) is 18.6. The molecule has 27 heavy (non-hydrogen) atoms. The largest absolute Gasteiger partial charge is 0.305 e. The Bertz CT molecular complexity index is 1090. The number of benzene rings is 2. The summed E-state index contributed by atoms with van der Waals surface area (Å²) < 4.78 is 42.0. The normalized spacial score (nSPS) is 11.2. The number of aryl methyl sites for hydroxylation is 2. The zero-order valence-corrected chi connectivity index (χ0v) is 15.4. The minimum absolute atomic E-state index is 0.0800. The average Bonchev–Trinajstić information content (AvgIpc) is 3.01. The molecule has 1 aromatic heterocycles. The highest BCUT2D eigenvalue weighted by atomic mass is 32.2. The van der Waals surface area contributed by atoms with Crippen LogP contribution >= 0.6 is 0 Å². The summed E-state index contributed by atoms with van der Waals surface area (Å²) in [4.78, 5) is 12.4. The van der Waals surface area contributed by atoms with E-state index in [2.05, 4.69) is 15.1 Å². The number of hydrogen-bond donors (Lipinski definition) is 2. The zero-order valence-electron chi connectivity index (χ0n) is 14.6. The molecule has 0 atom stereocenters. The van der Waals surface area contributed by atoms with Crippen LogP contribution in [0, 0.1) is 12.7 Å². The van der Waals surface area contributed by atoms with Gasteiger partial charge in [0.2, 0.25) is 0 Å². The van der Waals surface area contributed by atoms with Crippen LogP contribution in [-0.2, 0) is 17.1 Å². The van der Waals surface area contributed by atoms with Gasteiger partial charge in [0.15, 0.2) is 5.82 Å². The van der Waals surface area contributed by atoms with Gasteiger partial charge in [0, 0.05) is 30.6 Å². The number of halogens is 1. The number of nitrogens with zero attached hydrogens (tertiary/aromatic N) is 2. The van der Waals surface area contributed by atoms with Crippen molar-refractivity contribution in [1.29, 1.82) is 0 Å². The van der Waals surface area contributed by atoms with Crippen LogP contribution < -0.4 is 10.0 Å². The molecule has 2 N–H and O–H groups in total. The number of carbonyl (C=O) groups excluding carboxylic acids is 1. The third-order valence-electron chi connectivity index (χ3n) is 3.82. The molecule has 0 unspecified atom stereocenters. The Kier molecular flexibility index (Phi) is 4.95. The van der Waals surface area contributed by atoms with Crippen molar-refractivity contribution in [3.63, 3.8) is 0 Å². The maximum absolute atomic E-state index is 13.0. The van der Waals surface area contributed by atoms with Crippen LogP contribution in [0.4, 0.5) is 15.9 Å². The second kappa shape index (κ2) is 7.20. The molecular weight excluding hydrogens is 371 g/mol. The van der Waals surface area contributed by atoms with Crippen molar-refractivity contribution in [3.05, 3.63) is 71.7 Å². The van der Waals surface area contributed by atoms with Crippen LogP contribution in [0.1, 0.15) is 15.9 Å². The molecule has 0 bridgehead atoms. The standard InChI is InChI=1S/C18H17FN4O3S/c1-12-3-8-15(27(25,26)22-14-6-4-13(19)5-7-14)11-16(12)18(24)20-17-9-10-23(2)21-17/h3-11,22H,1-2H3,(H,20,21,24). The number of nitrogens with one attached hydrogen (secondary N) is 2. The van der Waals surface area contributed by atoms with Crippen molar-refractivity contribution in [3.8, 4) is 0 Å². The van der Waals surface area contributed by atoms with Gasteiger partial charge < -0.3 is 5.32 Å². The van der Waals surface area contributed by atoms with Gasteiger partial charge in [0.25, 0.3) is 15.9 Å². The summed E-state index contributed by atoms with van der Waals surface area (Å²) in [6, 6.07) is 10.8. The monoisotopic (exact) mass is 388 g/mol. The topological polar surface area (TPSA) is 93.1 Å². The summed E-state index contributed by atoms with van der Waals surface area (Å²) in [7, 11) is -2.22. The van der Waals surface area contributed by atoms with E-state index in [0.29, 0.717) is 11.4 Å². The fraction of sp³-hybridized carbons (Fsp3) is 0.111. The van der Waals surface area contributed by atoms with E-state index < -0.39 is 21.7 Å². The average molecular weight is 388 g/mol. The van der Waals surface area contributed by atoms with Crippen LogP contribution in [0.5, 0.6) is 0 Å². The van der Waals surface area contributed by atoms with Gasteiger partial charge in [0.05, 0.1) is 4.90 Å². The fourth-order valence-corrected chi connectivity index (χ4v) is 3.49. The number of amides is 1. The summed E-state index contributed by atoms with van der Waals surface area (Å²) in [5.41, 5.74) is 1.04. The van der Waals surface area contributed by atoms with Gasteiger partial charge >= 0.3 is 0 Å². The lowest BCUT2D eigenvalue weighted by Crippen LogP contribution is -2.17. The molecule has 0 spiro atoms. The third-order valence-corrected chi connectivity index (χ3v) is 5.19. The maximum Gasteiger partial charge on any atom is 0.261 e. The van der Waals surface area contributed by atoms with Crippen LogP contribution in [0.15, 0.2) is 59.6 Å². The number of aromatic nitrogens is 2. The molecule has 140 valence electrons. The van der Waals surface area contributed by atoms with Crippen LogP contribution in [-0.4, -0.2) is 24.1 Å². The maximum atomic E-state index is 13.0. The SMILES string of the molecule is Cc1ccc(S(=O)(=O)Nc2ccc(F)cc2)cc1C(=O)Nc1ccn(C)n1. The summed E-state index contributed by atoms with van der Waals surface area (Å²) in [5, 5.41) is 6.69. The minimum atomic E-state index is -3.94. The van der Waals surface area contributed by atoms with Crippen molar-refractivity contribution < 1.29 is 17.6 Å². The molecule has 1 amide bonds. The number of sulfonamides is 1. The Balaban J connectivity index is 1.87. The van der Waals surface area contributed by atoms with Gasteiger partial charge in [-0.25, -0.2) is 12.8 Å². The first-order valence-corrected chi connectivity index (χ1v) is 9.43. The van der Waals surface area contributed by atoms with Crippen LogP contribution in [0.25, 0.3) is 0 Å². The smallest absolute Gasteiger partial charge is 0.261 e. The van der Waals surface area contributed by atoms with E-state index in [9.17, 15) is 17.6 Å². The molecule has 0 aliphatic rings. The highest BCUT2D eigenvalue weighted by Crippen LogP contribution is 2.20. The molecular formula is C18H17FN4O3S. The van der Waals surface area contributed by atoms with Crippen molar-refractivity contribution >= 4 is 27.4 Å². The molecule has 0 aliphatic heterocycles. The highest BCUT2D eigenvalue weighted by molar-refractivity contribution is 7.92. The number of anilines is 2. The number of rotatable bonds is 5. The van der Waals surface area contributed by atoms with Crippen molar-refractivity contribution in [2.45, 2.75) is 11.8 Å². The molecule has 3 rings (SSSR count). The molecule has 1 heterocycles. The summed E-state index contributed by atoms with van der Waals surface area (Å²) in [6.07, 6.45) is 1.68. The van der Waals surface area contributed by atoms with Gasteiger partial charge in [0.1, 0.15) is 5.82 Å². The highest BCUT2D eigenvalue weighted by Gasteiger charge is 2.19. The van der Waals surface area contributed by atoms with Crippen molar-refractivity contribution in [1.82, 2.24) is 9.78 Å². The summed E-state index contributed by atoms with van der Waals surface area (Å²) in [6.45, 7) is 1.71. The first-order chi connectivity index (χ1) is 12.7. The lowest BCUT2D eigenvalue weighted by molar-refractivity contribution is 0.102. The van der Waals surface area contributed by atoms with E-state index in [-0.39, 0.29) is 16.1 Å². The lowest BCUT2D eigenvalue weighted by atomic mass is 10.1. The Morgan fingerprint density at radius 3 is 2.44 bits per heavy atom. The first-order valence-electron chi connectivity index (χ1n) is 7.95. The third kappa shape index (κ3) is 4.32. The van der Waals surface area contributed by atoms with Crippen LogP contribution in [0.3, 0.4) is 0 Å². The Morgan fingerprint density at radius 1 is 1.11 bits per heavy atom. The van der Waals surface area contributed by atoms with Crippen LogP contribution in [0.2, 0.25) is 0 Å². The van der Waals surface area contributed by atoms with E-state index in [4.69, 9.17) is 0 Å². The molecule has 0 saturated carbocycles. The Morgan fingerprint density at radius 2 is 1.81 bits per heavy atom. The molecule has 0 radical (unpaired) electrons. The van der Waals surface area contributed by atoms with E-state index in [1.807, 2.05) is 0 Å². The van der Waals surface area contributed by atoms with Crippen molar-refractivity contribution in [2.24, 2.45) is 7.05 Å². The van der Waals surface area contributed by atoms with E-state index >= 15 is 0 Å². The Hall–Kier alpha value is -3.20. The van der Waals surface area contributed by atoms with Crippen molar-refractivity contribution in [2.75, 3.05) is 10.0 Å². The molecule has 0 saturated heterocycles. The van der Waals surface area contributed by atoms with E-state index in [1.165, 1.54) is 28.9 Å². The van der Waals surface area contributed by atoms with Gasteiger partial charge in [-0.05, 0) is 48.9 Å². The second-order valence-corrected chi connectivity index (χ2v) is 7.60. The minimum Gasteiger partial charge on any atom is -0.305 e. The second-order valence-electron chi connectivity index (χ2n) is 5.92. The van der Waals surface area contributed by atoms with Gasteiger partial charge in [-0.1, -0.05) is 6.07 Å².